The van der Waals surface area contributed by atoms with Crippen LogP contribution in [0, 0.1) is 19.8 Å². The maximum Gasteiger partial charge on any atom is 0.0852 e. The van der Waals surface area contributed by atoms with Crippen LogP contribution >= 0.6 is 11.6 Å². The van der Waals surface area contributed by atoms with Gasteiger partial charge in [-0.25, -0.2) is 0 Å². The topological polar surface area (TPSA) is 9.23 Å². The Kier molecular flexibility index (Phi) is 3.56. The molecule has 1 nitrogen and oxygen atoms in total. The highest BCUT2D eigenvalue weighted by atomic mass is 35.5. The van der Waals surface area contributed by atoms with Gasteiger partial charge < -0.3 is 4.74 Å². The van der Waals surface area contributed by atoms with E-state index in [0.29, 0.717) is 5.92 Å². The molecule has 16 heavy (non-hydrogen) atoms. The summed E-state index contributed by atoms with van der Waals surface area (Å²) in [7, 11) is 0. The highest BCUT2D eigenvalue weighted by Crippen LogP contribution is 2.37. The van der Waals surface area contributed by atoms with Crippen molar-refractivity contribution < 1.29 is 4.74 Å². The SMILES string of the molecule is Cc1ccc(C)c(C(Cl)C2OCCC2C)c1. The minimum atomic E-state index is -0.0163. The van der Waals surface area contributed by atoms with Crippen LogP contribution in [0.4, 0.5) is 0 Å². The van der Waals surface area contributed by atoms with Crippen molar-refractivity contribution in [2.75, 3.05) is 6.61 Å². The van der Waals surface area contributed by atoms with Crippen LogP contribution in [0.2, 0.25) is 0 Å². The van der Waals surface area contributed by atoms with Crippen molar-refractivity contribution in [2.24, 2.45) is 5.92 Å². The van der Waals surface area contributed by atoms with Crippen molar-refractivity contribution in [1.82, 2.24) is 0 Å². The molecule has 0 spiro atoms. The Labute approximate surface area is 103 Å². The number of rotatable bonds is 2. The first-order valence-electron chi connectivity index (χ1n) is 5.92. The van der Waals surface area contributed by atoms with Crippen LogP contribution in [-0.4, -0.2) is 12.7 Å². The molecule has 3 unspecified atom stereocenters. The first kappa shape index (κ1) is 11.9. The van der Waals surface area contributed by atoms with Gasteiger partial charge in [0.05, 0.1) is 11.5 Å². The second-order valence-electron chi connectivity index (χ2n) is 4.86. The lowest BCUT2D eigenvalue weighted by Crippen LogP contribution is -2.20. The van der Waals surface area contributed by atoms with E-state index >= 15 is 0 Å². The summed E-state index contributed by atoms with van der Waals surface area (Å²) in [5.74, 6) is 0.558. The minimum absolute atomic E-state index is 0.0163. The average Bonchev–Trinajstić information content (AvgIpc) is 2.67. The van der Waals surface area contributed by atoms with Crippen LogP contribution in [0.1, 0.15) is 35.4 Å². The van der Waals surface area contributed by atoms with Crippen molar-refractivity contribution in [3.8, 4) is 0 Å². The molecule has 0 aliphatic carbocycles. The quantitative estimate of drug-likeness (QED) is 0.708. The van der Waals surface area contributed by atoms with Gasteiger partial charge >= 0.3 is 0 Å². The monoisotopic (exact) mass is 238 g/mol. The molecular weight excluding hydrogens is 220 g/mol. The fourth-order valence-electron chi connectivity index (χ4n) is 2.33. The molecule has 2 rings (SSSR count). The lowest BCUT2D eigenvalue weighted by atomic mass is 9.93. The summed E-state index contributed by atoms with van der Waals surface area (Å²) < 4.78 is 5.74. The van der Waals surface area contributed by atoms with Crippen LogP contribution in [0.25, 0.3) is 0 Å². The van der Waals surface area contributed by atoms with E-state index < -0.39 is 0 Å². The van der Waals surface area contributed by atoms with Crippen LogP contribution in [-0.2, 0) is 4.74 Å². The van der Waals surface area contributed by atoms with Gasteiger partial charge in [0.1, 0.15) is 0 Å². The number of ether oxygens (including phenoxy) is 1. The summed E-state index contributed by atoms with van der Waals surface area (Å²) in [6.45, 7) is 7.29. The first-order valence-corrected chi connectivity index (χ1v) is 6.36. The van der Waals surface area contributed by atoms with Gasteiger partial charge in [-0.3, -0.25) is 0 Å². The average molecular weight is 239 g/mol. The van der Waals surface area contributed by atoms with E-state index in [1.165, 1.54) is 16.7 Å². The summed E-state index contributed by atoms with van der Waals surface area (Å²) in [5, 5.41) is -0.0163. The standard InChI is InChI=1S/C14H19ClO/c1-9-4-5-10(2)12(8-9)13(15)14-11(3)6-7-16-14/h4-5,8,11,13-14H,6-7H2,1-3H3. The third-order valence-electron chi connectivity index (χ3n) is 3.46. The smallest absolute Gasteiger partial charge is 0.0852 e. The van der Waals surface area contributed by atoms with Crippen LogP contribution in [0.15, 0.2) is 18.2 Å². The fraction of sp³-hybridized carbons (Fsp3) is 0.571. The highest BCUT2D eigenvalue weighted by molar-refractivity contribution is 6.21. The minimum Gasteiger partial charge on any atom is -0.376 e. The zero-order chi connectivity index (χ0) is 11.7. The van der Waals surface area contributed by atoms with Gasteiger partial charge in [0.15, 0.2) is 0 Å². The Morgan fingerprint density at radius 3 is 2.75 bits per heavy atom. The highest BCUT2D eigenvalue weighted by Gasteiger charge is 2.32. The molecule has 88 valence electrons. The molecule has 1 heterocycles. The summed E-state index contributed by atoms with van der Waals surface area (Å²) >= 11 is 6.56. The molecule has 0 bridgehead atoms. The molecule has 0 saturated carbocycles. The van der Waals surface area contributed by atoms with E-state index in [9.17, 15) is 0 Å². The lowest BCUT2D eigenvalue weighted by Gasteiger charge is -2.22. The second-order valence-corrected chi connectivity index (χ2v) is 5.33. The van der Waals surface area contributed by atoms with E-state index in [-0.39, 0.29) is 11.5 Å². The molecule has 0 aromatic heterocycles. The fourth-order valence-corrected chi connectivity index (χ4v) is 2.88. The lowest BCUT2D eigenvalue weighted by molar-refractivity contribution is 0.0902. The Morgan fingerprint density at radius 2 is 2.12 bits per heavy atom. The summed E-state index contributed by atoms with van der Waals surface area (Å²) in [5.41, 5.74) is 3.74. The molecule has 1 aromatic rings. The van der Waals surface area contributed by atoms with Crippen molar-refractivity contribution >= 4 is 11.6 Å². The zero-order valence-corrected chi connectivity index (χ0v) is 10.9. The number of benzene rings is 1. The molecule has 2 heteroatoms. The van der Waals surface area contributed by atoms with Gasteiger partial charge in [-0.1, -0.05) is 30.7 Å². The molecule has 0 radical (unpaired) electrons. The van der Waals surface area contributed by atoms with Crippen molar-refractivity contribution in [1.29, 1.82) is 0 Å². The Morgan fingerprint density at radius 1 is 1.38 bits per heavy atom. The predicted molar refractivity (Wildman–Crippen MR) is 68.0 cm³/mol. The predicted octanol–water partition coefficient (Wildman–Crippen LogP) is 4.01. The van der Waals surface area contributed by atoms with Crippen LogP contribution in [0.5, 0.6) is 0 Å². The zero-order valence-electron chi connectivity index (χ0n) is 10.2. The normalized spacial score (nSPS) is 27.0. The maximum absolute atomic E-state index is 6.56. The van der Waals surface area contributed by atoms with E-state index in [4.69, 9.17) is 16.3 Å². The van der Waals surface area contributed by atoms with Crippen molar-refractivity contribution in [2.45, 2.75) is 38.7 Å². The third kappa shape index (κ3) is 2.26. The number of halogens is 1. The van der Waals surface area contributed by atoms with E-state index in [0.717, 1.165) is 13.0 Å². The molecule has 1 aliphatic rings. The first-order chi connectivity index (χ1) is 7.59. The van der Waals surface area contributed by atoms with E-state index in [2.05, 4.69) is 39.0 Å². The van der Waals surface area contributed by atoms with Crippen LogP contribution in [0.3, 0.4) is 0 Å². The number of aryl methyl sites for hydroxylation is 2. The number of alkyl halides is 1. The molecule has 0 N–H and O–H groups in total. The number of hydrogen-bond acceptors (Lipinski definition) is 1. The number of hydrogen-bond donors (Lipinski definition) is 0. The molecule has 3 atom stereocenters. The van der Waals surface area contributed by atoms with Crippen molar-refractivity contribution in [3.05, 3.63) is 34.9 Å². The Hall–Kier alpha value is -0.530. The summed E-state index contributed by atoms with van der Waals surface area (Å²) in [4.78, 5) is 0. The van der Waals surface area contributed by atoms with Gasteiger partial charge in [-0.05, 0) is 37.3 Å². The Balaban J connectivity index is 2.25. The summed E-state index contributed by atoms with van der Waals surface area (Å²) in [6.07, 6.45) is 1.29. The van der Waals surface area contributed by atoms with E-state index in [1.807, 2.05) is 0 Å². The molecular formula is C14H19ClO. The molecule has 1 aliphatic heterocycles. The molecule has 0 amide bonds. The van der Waals surface area contributed by atoms with Gasteiger partial charge in [-0.15, -0.1) is 11.6 Å². The second kappa shape index (κ2) is 4.77. The molecule has 1 saturated heterocycles. The van der Waals surface area contributed by atoms with E-state index in [1.54, 1.807) is 0 Å². The summed E-state index contributed by atoms with van der Waals surface area (Å²) in [6, 6.07) is 6.45. The van der Waals surface area contributed by atoms with Crippen molar-refractivity contribution in [3.63, 3.8) is 0 Å². The molecule has 1 aromatic carbocycles. The maximum atomic E-state index is 6.56. The van der Waals surface area contributed by atoms with Gasteiger partial charge in [0, 0.05) is 6.61 Å². The molecule has 1 fully saturated rings. The third-order valence-corrected chi connectivity index (χ3v) is 3.95. The largest absolute Gasteiger partial charge is 0.376 e. The van der Waals surface area contributed by atoms with Gasteiger partial charge in [0.25, 0.3) is 0 Å². The van der Waals surface area contributed by atoms with Crippen LogP contribution < -0.4 is 0 Å². The Bertz CT molecular complexity index is 375. The van der Waals surface area contributed by atoms with Gasteiger partial charge in [0.2, 0.25) is 0 Å². The van der Waals surface area contributed by atoms with Gasteiger partial charge in [-0.2, -0.15) is 0 Å².